The van der Waals surface area contributed by atoms with Crippen molar-refractivity contribution in [1.82, 2.24) is 15.1 Å². The number of nitrogens with one attached hydrogen (secondary N) is 1. The number of ether oxygens (including phenoxy) is 3. The molecule has 3 N–H and O–H groups in total. The highest BCUT2D eigenvalue weighted by Gasteiger charge is 2.15. The fraction of sp³-hybridized carbons (Fsp3) is 0.581. The molecule has 0 atom stereocenters. The predicted octanol–water partition coefficient (Wildman–Crippen LogP) is 4.60. The highest BCUT2D eigenvalue weighted by atomic mass is 16.6. The first-order valence-corrected chi connectivity index (χ1v) is 13.9. The largest absolute Gasteiger partial charge is 0.494 e. The number of hydrogen-bond donors (Lipinski definition) is 2. The Labute approximate surface area is 236 Å². The first-order chi connectivity index (χ1) is 18.5. The molecule has 0 unspecified atom stereocenters. The van der Waals surface area contributed by atoms with Crippen LogP contribution >= 0.6 is 0 Å². The molecule has 0 heterocycles. The molecular weight excluding hydrogens is 492 g/mol. The van der Waals surface area contributed by atoms with Crippen molar-refractivity contribution in [2.24, 2.45) is 5.73 Å². The Morgan fingerprint density at radius 3 is 1.59 bits per heavy atom. The molecule has 0 fully saturated rings. The van der Waals surface area contributed by atoms with E-state index in [1.54, 1.807) is 0 Å². The zero-order valence-corrected chi connectivity index (χ0v) is 25.3. The van der Waals surface area contributed by atoms with Crippen LogP contribution in [0, 0.1) is 0 Å². The van der Waals surface area contributed by atoms with Crippen LogP contribution in [0.5, 0.6) is 11.5 Å². The van der Waals surface area contributed by atoms with Crippen LogP contribution in [0.2, 0.25) is 0 Å². The van der Waals surface area contributed by atoms with E-state index in [2.05, 4.69) is 55.4 Å². The summed E-state index contributed by atoms with van der Waals surface area (Å²) in [6, 6.07) is 16.2. The van der Waals surface area contributed by atoms with Crippen LogP contribution in [-0.4, -0.2) is 89.1 Å². The van der Waals surface area contributed by atoms with E-state index in [1.807, 2.05) is 57.2 Å². The molecule has 0 radical (unpaired) electrons. The van der Waals surface area contributed by atoms with Crippen LogP contribution in [0.1, 0.15) is 44.7 Å². The van der Waals surface area contributed by atoms with Gasteiger partial charge in [-0.1, -0.05) is 24.3 Å². The van der Waals surface area contributed by atoms with Crippen LogP contribution in [0.15, 0.2) is 48.5 Å². The summed E-state index contributed by atoms with van der Waals surface area (Å²) < 4.78 is 16.5. The summed E-state index contributed by atoms with van der Waals surface area (Å²) in [6.07, 6.45) is 3.38. The minimum absolute atomic E-state index is 0.377. The van der Waals surface area contributed by atoms with E-state index in [1.165, 1.54) is 5.56 Å². The van der Waals surface area contributed by atoms with E-state index in [9.17, 15) is 4.79 Å². The third-order valence-corrected chi connectivity index (χ3v) is 5.40. The van der Waals surface area contributed by atoms with Crippen molar-refractivity contribution in [3.8, 4) is 11.5 Å². The molecule has 220 valence electrons. The molecule has 0 saturated carbocycles. The molecule has 8 heteroatoms. The van der Waals surface area contributed by atoms with Crippen LogP contribution in [0.25, 0.3) is 0 Å². The Morgan fingerprint density at radius 1 is 0.769 bits per heavy atom. The quantitative estimate of drug-likeness (QED) is 0.317. The summed E-state index contributed by atoms with van der Waals surface area (Å²) >= 11 is 0. The number of rotatable bonds is 15. The van der Waals surface area contributed by atoms with Gasteiger partial charge in [-0.05, 0) is 117 Å². The molecule has 2 aromatic carbocycles. The number of carbonyl (C=O) groups is 1. The molecule has 0 spiro atoms. The van der Waals surface area contributed by atoms with Gasteiger partial charge in [0, 0.05) is 19.6 Å². The van der Waals surface area contributed by atoms with E-state index in [0.717, 1.165) is 69.0 Å². The Kier molecular flexibility index (Phi) is 16.9. The summed E-state index contributed by atoms with van der Waals surface area (Å²) in [4.78, 5) is 15.8. The zero-order valence-electron chi connectivity index (χ0n) is 25.3. The molecule has 0 aliphatic heterocycles. The lowest BCUT2D eigenvalue weighted by atomic mass is 10.1. The van der Waals surface area contributed by atoms with E-state index in [0.29, 0.717) is 13.1 Å². The normalized spacial score (nSPS) is 11.1. The zero-order chi connectivity index (χ0) is 29.1. The Morgan fingerprint density at radius 2 is 1.21 bits per heavy atom. The van der Waals surface area contributed by atoms with Crippen LogP contribution < -0.4 is 20.5 Å². The van der Waals surface area contributed by atoms with Crippen molar-refractivity contribution in [3.05, 3.63) is 59.7 Å². The molecule has 1 amide bonds. The first kappa shape index (κ1) is 34.2. The second-order valence-electron chi connectivity index (χ2n) is 11.0. The lowest BCUT2D eigenvalue weighted by Gasteiger charge is -2.19. The summed E-state index contributed by atoms with van der Waals surface area (Å²) in [6.45, 7) is 10.4. The minimum atomic E-state index is -0.463. The Hall–Kier alpha value is -2.81. The fourth-order valence-corrected chi connectivity index (χ4v) is 3.44. The highest BCUT2D eigenvalue weighted by Crippen LogP contribution is 2.14. The molecule has 0 aliphatic carbocycles. The first-order valence-electron chi connectivity index (χ1n) is 13.9. The lowest BCUT2D eigenvalue weighted by molar-refractivity contribution is 0.0528. The predicted molar refractivity (Wildman–Crippen MR) is 161 cm³/mol. The average Bonchev–Trinajstić information content (AvgIpc) is 2.86. The molecule has 2 rings (SSSR count). The smallest absolute Gasteiger partial charge is 0.407 e. The summed E-state index contributed by atoms with van der Waals surface area (Å²) in [7, 11) is 8.25. The van der Waals surface area contributed by atoms with Gasteiger partial charge in [0.15, 0.2) is 0 Å². The topological polar surface area (TPSA) is 89.3 Å². The minimum Gasteiger partial charge on any atom is -0.494 e. The van der Waals surface area contributed by atoms with Crippen molar-refractivity contribution >= 4 is 6.09 Å². The highest BCUT2D eigenvalue weighted by molar-refractivity contribution is 5.67. The van der Waals surface area contributed by atoms with Crippen LogP contribution in [0.4, 0.5) is 4.79 Å². The molecule has 0 saturated heterocycles. The molecule has 0 aliphatic rings. The Bertz CT molecular complexity index is 894. The van der Waals surface area contributed by atoms with Gasteiger partial charge in [-0.3, -0.25) is 0 Å². The number of carbonyl (C=O) groups excluding carboxylic acids is 1. The molecule has 39 heavy (non-hydrogen) atoms. The van der Waals surface area contributed by atoms with Crippen molar-refractivity contribution < 1.29 is 19.0 Å². The van der Waals surface area contributed by atoms with Crippen molar-refractivity contribution in [2.75, 3.05) is 67.6 Å². The molecule has 0 bridgehead atoms. The van der Waals surface area contributed by atoms with E-state index in [4.69, 9.17) is 19.9 Å². The van der Waals surface area contributed by atoms with Crippen molar-refractivity contribution in [1.29, 1.82) is 0 Å². The van der Waals surface area contributed by atoms with E-state index >= 15 is 0 Å². The summed E-state index contributed by atoms with van der Waals surface area (Å²) in [5, 5.41) is 2.76. The number of amides is 1. The standard InChI is InChI=1S/C18H30N2O3.C13H22N2O/c1-18(2,3)23-17(21)19-12-11-15-7-9-16(10-8-15)22-14-6-13-20(4)5;1-15(2)10-3-11-16-13-6-4-12(5-7-13)8-9-14/h7-10H,6,11-14H2,1-5H3,(H,19,21);4-7H,3,8-11,14H2,1-2H3. The Balaban J connectivity index is 0.000000416. The second-order valence-corrected chi connectivity index (χ2v) is 11.0. The average molecular weight is 545 g/mol. The molecular formula is C31H52N4O4. The van der Waals surface area contributed by atoms with Gasteiger partial charge in [-0.25, -0.2) is 4.79 Å². The SMILES string of the molecule is CN(C)CCCOc1ccc(CCN)cc1.CN(C)CCCOc1ccc(CCNC(=O)OC(C)(C)C)cc1. The van der Waals surface area contributed by atoms with Gasteiger partial charge in [0.25, 0.3) is 0 Å². The third-order valence-electron chi connectivity index (χ3n) is 5.40. The molecule has 8 nitrogen and oxygen atoms in total. The van der Waals surface area contributed by atoms with Gasteiger partial charge in [0.1, 0.15) is 17.1 Å². The lowest BCUT2D eigenvalue weighted by Crippen LogP contribution is -2.33. The third kappa shape index (κ3) is 19.0. The van der Waals surface area contributed by atoms with Gasteiger partial charge in [-0.15, -0.1) is 0 Å². The number of benzene rings is 2. The van der Waals surface area contributed by atoms with Gasteiger partial charge >= 0.3 is 6.09 Å². The maximum atomic E-state index is 11.5. The van der Waals surface area contributed by atoms with Crippen molar-refractivity contribution in [3.63, 3.8) is 0 Å². The monoisotopic (exact) mass is 544 g/mol. The number of hydrogen-bond acceptors (Lipinski definition) is 7. The maximum absolute atomic E-state index is 11.5. The van der Waals surface area contributed by atoms with E-state index in [-0.39, 0.29) is 6.09 Å². The molecule has 0 aromatic heterocycles. The molecule has 2 aromatic rings. The number of nitrogens with two attached hydrogens (primary N) is 1. The van der Waals surface area contributed by atoms with Gasteiger partial charge in [-0.2, -0.15) is 0 Å². The van der Waals surface area contributed by atoms with Crippen LogP contribution in [0.3, 0.4) is 0 Å². The number of alkyl carbamates (subject to hydrolysis) is 1. The maximum Gasteiger partial charge on any atom is 0.407 e. The fourth-order valence-electron chi connectivity index (χ4n) is 3.44. The van der Waals surface area contributed by atoms with Gasteiger partial charge < -0.3 is 35.1 Å². The van der Waals surface area contributed by atoms with E-state index < -0.39 is 5.60 Å². The van der Waals surface area contributed by atoms with Gasteiger partial charge in [0.05, 0.1) is 13.2 Å². The van der Waals surface area contributed by atoms with Gasteiger partial charge in [0.2, 0.25) is 0 Å². The van der Waals surface area contributed by atoms with Crippen molar-refractivity contribution in [2.45, 2.75) is 52.1 Å². The van der Waals surface area contributed by atoms with Crippen LogP contribution in [-0.2, 0) is 17.6 Å². The summed E-state index contributed by atoms with van der Waals surface area (Å²) in [5.41, 5.74) is 7.45. The second kappa shape index (κ2) is 19.3. The summed E-state index contributed by atoms with van der Waals surface area (Å²) in [5.74, 6) is 1.83. The number of nitrogens with zero attached hydrogens (tertiary/aromatic N) is 2.